The zero-order chi connectivity index (χ0) is 12.8. The van der Waals surface area contributed by atoms with E-state index in [1.165, 1.54) is 0 Å². The van der Waals surface area contributed by atoms with E-state index in [9.17, 15) is 0 Å². The molecular formula is C13H17ClN2S. The van der Waals surface area contributed by atoms with E-state index in [0.717, 1.165) is 17.9 Å². The minimum Gasteiger partial charge on any atom is -0.371 e. The molecule has 0 amide bonds. The summed E-state index contributed by atoms with van der Waals surface area (Å²) in [7, 11) is 2.01. The lowest BCUT2D eigenvalue weighted by Gasteiger charge is -2.27. The number of nitriles is 1. The molecule has 1 rings (SSSR count). The van der Waals surface area contributed by atoms with Crippen LogP contribution < -0.4 is 4.90 Å². The standard InChI is InChI=1S/C13H17ClN2S/c1-10(6-7-17-3)16(2)13-8-12(14)5-4-11(13)9-15/h4-5,8,10H,6-7H2,1-3H3. The molecule has 0 aliphatic carbocycles. The van der Waals surface area contributed by atoms with Crippen molar-refractivity contribution in [2.75, 3.05) is 24.0 Å². The third kappa shape index (κ3) is 3.83. The van der Waals surface area contributed by atoms with Gasteiger partial charge < -0.3 is 4.90 Å². The highest BCUT2D eigenvalue weighted by Crippen LogP contribution is 2.25. The molecule has 1 unspecified atom stereocenters. The van der Waals surface area contributed by atoms with E-state index in [2.05, 4.69) is 24.1 Å². The van der Waals surface area contributed by atoms with Crippen molar-refractivity contribution >= 4 is 29.1 Å². The zero-order valence-electron chi connectivity index (χ0n) is 10.4. The SMILES string of the molecule is CSCCC(C)N(C)c1cc(Cl)ccc1C#N. The molecule has 0 N–H and O–H groups in total. The van der Waals surface area contributed by atoms with E-state index in [1.54, 1.807) is 12.1 Å². The van der Waals surface area contributed by atoms with Gasteiger partial charge in [-0.1, -0.05) is 11.6 Å². The molecule has 0 heterocycles. The molecule has 4 heteroatoms. The summed E-state index contributed by atoms with van der Waals surface area (Å²) in [5.41, 5.74) is 1.58. The molecule has 2 nitrogen and oxygen atoms in total. The smallest absolute Gasteiger partial charge is 0.101 e. The molecule has 17 heavy (non-hydrogen) atoms. The molecule has 0 aliphatic rings. The van der Waals surface area contributed by atoms with Gasteiger partial charge in [-0.25, -0.2) is 0 Å². The van der Waals surface area contributed by atoms with Crippen molar-refractivity contribution in [3.8, 4) is 6.07 Å². The Morgan fingerprint density at radius 1 is 1.53 bits per heavy atom. The maximum Gasteiger partial charge on any atom is 0.101 e. The number of hydrogen-bond donors (Lipinski definition) is 0. The minimum atomic E-state index is 0.396. The Bertz CT molecular complexity index is 414. The Balaban J connectivity index is 2.91. The second-order valence-corrected chi connectivity index (χ2v) is 5.44. The second-order valence-electron chi connectivity index (χ2n) is 4.01. The predicted octanol–water partition coefficient (Wildman–Crippen LogP) is 3.79. The van der Waals surface area contributed by atoms with Crippen LogP contribution in [0.15, 0.2) is 18.2 Å². The highest BCUT2D eigenvalue weighted by molar-refractivity contribution is 7.98. The second kappa shape index (κ2) is 6.78. The molecule has 0 fully saturated rings. The molecule has 0 radical (unpaired) electrons. The molecule has 0 spiro atoms. The van der Waals surface area contributed by atoms with E-state index < -0.39 is 0 Å². The van der Waals surface area contributed by atoms with Crippen LogP contribution in [0.2, 0.25) is 5.02 Å². The van der Waals surface area contributed by atoms with Crippen molar-refractivity contribution in [1.82, 2.24) is 0 Å². The highest BCUT2D eigenvalue weighted by Gasteiger charge is 2.13. The van der Waals surface area contributed by atoms with Crippen LogP contribution in [-0.4, -0.2) is 25.1 Å². The van der Waals surface area contributed by atoms with Gasteiger partial charge in [0.1, 0.15) is 6.07 Å². The van der Waals surface area contributed by atoms with Gasteiger partial charge >= 0.3 is 0 Å². The fourth-order valence-corrected chi connectivity index (χ4v) is 2.35. The largest absolute Gasteiger partial charge is 0.371 e. The Kier molecular flexibility index (Phi) is 5.67. The summed E-state index contributed by atoms with van der Waals surface area (Å²) in [5.74, 6) is 1.12. The van der Waals surface area contributed by atoms with Gasteiger partial charge in [0.05, 0.1) is 11.3 Å². The molecule has 0 saturated carbocycles. The maximum absolute atomic E-state index is 9.09. The predicted molar refractivity (Wildman–Crippen MR) is 77.0 cm³/mol. The van der Waals surface area contributed by atoms with Crippen LogP contribution in [0, 0.1) is 11.3 Å². The van der Waals surface area contributed by atoms with Crippen molar-refractivity contribution in [2.45, 2.75) is 19.4 Å². The first-order valence-electron chi connectivity index (χ1n) is 5.51. The number of hydrogen-bond acceptors (Lipinski definition) is 3. The summed E-state index contributed by atoms with van der Waals surface area (Å²) in [6, 6.07) is 7.99. The Morgan fingerprint density at radius 2 is 2.24 bits per heavy atom. The summed E-state index contributed by atoms with van der Waals surface area (Å²) in [6.07, 6.45) is 3.20. The van der Waals surface area contributed by atoms with Gasteiger partial charge in [-0.2, -0.15) is 17.0 Å². The van der Waals surface area contributed by atoms with Gasteiger partial charge in [-0.15, -0.1) is 0 Å². The van der Waals surface area contributed by atoms with E-state index in [-0.39, 0.29) is 0 Å². The first kappa shape index (κ1) is 14.2. The van der Waals surface area contributed by atoms with Crippen molar-refractivity contribution in [3.63, 3.8) is 0 Å². The molecule has 1 atom stereocenters. The molecule has 1 aromatic carbocycles. The van der Waals surface area contributed by atoms with Crippen molar-refractivity contribution < 1.29 is 0 Å². The summed E-state index contributed by atoms with van der Waals surface area (Å²) in [4.78, 5) is 2.13. The molecule has 0 bridgehead atoms. The third-order valence-electron chi connectivity index (χ3n) is 2.86. The van der Waals surface area contributed by atoms with Crippen molar-refractivity contribution in [3.05, 3.63) is 28.8 Å². The van der Waals surface area contributed by atoms with Gasteiger partial charge in [0.15, 0.2) is 0 Å². The monoisotopic (exact) mass is 268 g/mol. The number of halogens is 1. The maximum atomic E-state index is 9.09. The first-order chi connectivity index (χ1) is 8.10. The van der Waals surface area contributed by atoms with Crippen LogP contribution in [0.4, 0.5) is 5.69 Å². The van der Waals surface area contributed by atoms with E-state index in [0.29, 0.717) is 16.6 Å². The average molecular weight is 269 g/mol. The van der Waals surface area contributed by atoms with Crippen LogP contribution in [0.1, 0.15) is 18.9 Å². The zero-order valence-corrected chi connectivity index (χ0v) is 12.0. The molecular weight excluding hydrogens is 252 g/mol. The van der Waals surface area contributed by atoms with Crippen LogP contribution in [0.5, 0.6) is 0 Å². The summed E-state index contributed by atoms with van der Waals surface area (Å²) < 4.78 is 0. The molecule has 0 aromatic heterocycles. The van der Waals surface area contributed by atoms with Crippen molar-refractivity contribution in [2.24, 2.45) is 0 Å². The lowest BCUT2D eigenvalue weighted by atomic mass is 10.1. The fourth-order valence-electron chi connectivity index (χ4n) is 1.61. The van der Waals surface area contributed by atoms with Crippen molar-refractivity contribution in [1.29, 1.82) is 5.26 Å². The van der Waals surface area contributed by atoms with Gasteiger partial charge in [-0.3, -0.25) is 0 Å². The number of rotatable bonds is 5. The van der Waals surface area contributed by atoms with E-state index in [1.807, 2.05) is 24.9 Å². The van der Waals surface area contributed by atoms with Gasteiger partial charge in [0.2, 0.25) is 0 Å². The van der Waals surface area contributed by atoms with Crippen LogP contribution in [0.3, 0.4) is 0 Å². The Morgan fingerprint density at radius 3 is 2.82 bits per heavy atom. The molecule has 1 aromatic rings. The quantitative estimate of drug-likeness (QED) is 0.813. The van der Waals surface area contributed by atoms with Crippen LogP contribution in [0.25, 0.3) is 0 Å². The normalized spacial score (nSPS) is 11.9. The fraction of sp³-hybridized carbons (Fsp3) is 0.462. The molecule has 92 valence electrons. The van der Waals surface area contributed by atoms with Gasteiger partial charge in [-0.05, 0) is 43.6 Å². The average Bonchev–Trinajstić information content (AvgIpc) is 2.34. The minimum absolute atomic E-state index is 0.396. The van der Waals surface area contributed by atoms with Crippen LogP contribution >= 0.6 is 23.4 Å². The van der Waals surface area contributed by atoms with Crippen LogP contribution in [-0.2, 0) is 0 Å². The first-order valence-corrected chi connectivity index (χ1v) is 7.28. The Labute approximate surface area is 113 Å². The number of benzene rings is 1. The highest BCUT2D eigenvalue weighted by atomic mass is 35.5. The van der Waals surface area contributed by atoms with E-state index in [4.69, 9.17) is 16.9 Å². The number of thioether (sulfide) groups is 1. The topological polar surface area (TPSA) is 27.0 Å². The third-order valence-corrected chi connectivity index (χ3v) is 3.74. The molecule has 0 aliphatic heterocycles. The lowest BCUT2D eigenvalue weighted by molar-refractivity contribution is 0.669. The molecule has 0 saturated heterocycles. The van der Waals surface area contributed by atoms with Gasteiger partial charge in [0.25, 0.3) is 0 Å². The summed E-state index contributed by atoms with van der Waals surface area (Å²) in [5, 5.41) is 9.76. The summed E-state index contributed by atoms with van der Waals surface area (Å²) >= 11 is 7.82. The van der Waals surface area contributed by atoms with E-state index >= 15 is 0 Å². The van der Waals surface area contributed by atoms with Gasteiger partial charge in [0, 0.05) is 18.1 Å². The lowest BCUT2D eigenvalue weighted by Crippen LogP contribution is -2.29. The number of nitrogens with zero attached hydrogens (tertiary/aromatic N) is 2. The Hall–Kier alpha value is -0.850. The summed E-state index contributed by atoms with van der Waals surface area (Å²) in [6.45, 7) is 2.16. The number of anilines is 1.